The van der Waals surface area contributed by atoms with Crippen molar-refractivity contribution in [1.29, 1.82) is 0 Å². The molecule has 2 N–H and O–H groups in total. The van der Waals surface area contributed by atoms with E-state index < -0.39 is 87.9 Å². The van der Waals surface area contributed by atoms with Gasteiger partial charge in [-0.2, -0.15) is 0 Å². The number of fused-ring (bicyclic) bond motifs is 1. The summed E-state index contributed by atoms with van der Waals surface area (Å²) < 4.78 is 29.9. The van der Waals surface area contributed by atoms with Crippen LogP contribution < -0.4 is 0 Å². The van der Waals surface area contributed by atoms with Crippen LogP contribution in [0.3, 0.4) is 0 Å². The molecule has 204 valence electrons. The Balaban J connectivity index is 1.45. The molecule has 0 radical (unpaired) electrons. The van der Waals surface area contributed by atoms with Gasteiger partial charge in [-0.25, -0.2) is 9.59 Å². The Morgan fingerprint density at radius 1 is 1.08 bits per heavy atom. The van der Waals surface area contributed by atoms with E-state index in [1.165, 1.54) is 6.92 Å². The molecule has 11 heteroatoms. The third kappa shape index (κ3) is 2.25. The lowest BCUT2D eigenvalue weighted by Crippen LogP contribution is -2.67. The lowest BCUT2D eigenvalue weighted by atomic mass is 9.51. The Labute approximate surface area is 223 Å². The summed E-state index contributed by atoms with van der Waals surface area (Å²) in [6.07, 6.45) is -6.30. The van der Waals surface area contributed by atoms with E-state index in [0.29, 0.717) is 5.02 Å². The topological polar surface area (TPSA) is 138 Å². The summed E-state index contributed by atoms with van der Waals surface area (Å²) in [7, 11) is 0. The summed E-state index contributed by atoms with van der Waals surface area (Å²) in [5.41, 5.74) is -7.31. The first-order chi connectivity index (χ1) is 17.8. The predicted molar refractivity (Wildman–Crippen MR) is 126 cm³/mol. The van der Waals surface area contributed by atoms with Crippen molar-refractivity contribution in [2.75, 3.05) is 0 Å². The van der Waals surface area contributed by atoms with Crippen LogP contribution in [0.2, 0.25) is 5.02 Å². The van der Waals surface area contributed by atoms with Crippen LogP contribution in [0.15, 0.2) is 24.3 Å². The van der Waals surface area contributed by atoms with Crippen LogP contribution in [-0.2, 0) is 44.7 Å². The number of aliphatic hydroxyl groups excluding tert-OH is 1. The minimum atomic E-state index is -2.24. The highest BCUT2D eigenvalue weighted by atomic mass is 35.5. The zero-order valence-corrected chi connectivity index (χ0v) is 22.1. The highest BCUT2D eigenvalue weighted by Crippen LogP contribution is 2.84. The molecule has 0 bridgehead atoms. The Morgan fingerprint density at radius 3 is 2.42 bits per heavy atom. The fourth-order valence-corrected chi connectivity index (χ4v) is 9.18. The SMILES string of the molecule is C[C@H]1C(=O)OC2[C@H](O)C34C5C[C@@H](C(C)(C)C)C36C(OC(=O)[C@@H]6OCc3ccc(Cl)cc3)O[C@@]4(C(=O)O5)[C@]21O. The van der Waals surface area contributed by atoms with Crippen LogP contribution in [0.1, 0.15) is 39.7 Å². The second-order valence-corrected chi connectivity index (χ2v) is 13.0. The van der Waals surface area contributed by atoms with Crippen molar-refractivity contribution in [3.8, 4) is 0 Å². The maximum atomic E-state index is 13.8. The van der Waals surface area contributed by atoms with Crippen molar-refractivity contribution < 1.29 is 48.3 Å². The summed E-state index contributed by atoms with van der Waals surface area (Å²) in [6, 6.07) is 6.95. The first-order valence-electron chi connectivity index (χ1n) is 12.9. The molecule has 7 rings (SSSR count). The largest absolute Gasteiger partial charge is 0.459 e. The van der Waals surface area contributed by atoms with E-state index >= 15 is 0 Å². The number of ether oxygens (including phenoxy) is 5. The molecule has 4 saturated heterocycles. The Bertz CT molecular complexity index is 1280. The van der Waals surface area contributed by atoms with Gasteiger partial charge in [-0.3, -0.25) is 4.79 Å². The van der Waals surface area contributed by atoms with Gasteiger partial charge in [0.15, 0.2) is 17.8 Å². The Hall–Kier alpha value is -2.24. The molecule has 0 amide bonds. The number of hydrogen-bond donors (Lipinski definition) is 2. The zero-order valence-electron chi connectivity index (χ0n) is 21.3. The highest BCUT2D eigenvalue weighted by Gasteiger charge is 3.04. The number of carbonyl (C=O) groups is 3. The molecule has 5 unspecified atom stereocenters. The van der Waals surface area contributed by atoms with Crippen molar-refractivity contribution in [2.24, 2.45) is 28.1 Å². The maximum Gasteiger partial charge on any atom is 0.343 e. The van der Waals surface area contributed by atoms with Crippen LogP contribution >= 0.6 is 11.6 Å². The van der Waals surface area contributed by atoms with Crippen molar-refractivity contribution in [2.45, 2.75) is 82.6 Å². The van der Waals surface area contributed by atoms with Crippen LogP contribution in [-0.4, -0.2) is 70.0 Å². The van der Waals surface area contributed by atoms with Gasteiger partial charge in [-0.1, -0.05) is 44.5 Å². The van der Waals surface area contributed by atoms with Crippen LogP contribution in [0.5, 0.6) is 0 Å². The van der Waals surface area contributed by atoms with Gasteiger partial charge in [-0.05, 0) is 42.4 Å². The normalized spacial score (nSPS) is 49.9. The van der Waals surface area contributed by atoms with E-state index in [1.54, 1.807) is 24.3 Å². The molecule has 4 heterocycles. The quantitative estimate of drug-likeness (QED) is 0.422. The van der Waals surface area contributed by atoms with Gasteiger partial charge in [-0.15, -0.1) is 0 Å². The molecule has 1 aromatic carbocycles. The number of halogens is 1. The van der Waals surface area contributed by atoms with E-state index in [0.717, 1.165) is 5.56 Å². The maximum absolute atomic E-state index is 13.8. The number of rotatable bonds is 3. The highest BCUT2D eigenvalue weighted by molar-refractivity contribution is 6.30. The second-order valence-electron chi connectivity index (χ2n) is 12.6. The fourth-order valence-electron chi connectivity index (χ4n) is 9.06. The zero-order chi connectivity index (χ0) is 27.2. The van der Waals surface area contributed by atoms with E-state index in [2.05, 4.69) is 0 Å². The van der Waals surface area contributed by atoms with Gasteiger partial charge >= 0.3 is 17.9 Å². The van der Waals surface area contributed by atoms with E-state index in [9.17, 15) is 24.6 Å². The minimum absolute atomic E-state index is 0.0139. The van der Waals surface area contributed by atoms with Gasteiger partial charge in [0.2, 0.25) is 11.9 Å². The number of benzene rings is 1. The lowest BCUT2D eigenvalue weighted by molar-refractivity contribution is -0.240. The molecule has 6 fully saturated rings. The van der Waals surface area contributed by atoms with Gasteiger partial charge < -0.3 is 33.9 Å². The van der Waals surface area contributed by atoms with E-state index in [1.807, 2.05) is 20.8 Å². The molecule has 2 saturated carbocycles. The molecular weight excluding hydrogens is 520 g/mol. The van der Waals surface area contributed by atoms with E-state index in [4.69, 9.17) is 35.3 Å². The standard InChI is InChI=1S/C27H29ClO10/c1-11-19(30)36-17-16(29)25-15-9-14(23(2,3)4)24(25)18(34-10-12-5-7-13(28)8-6-12)20(31)37-22(24)38-27(25,21(32)35-15)26(11,17)33/h5-8,11,14-18,22,29,33H,9-10H2,1-4H3/t11-,14-,15?,16-,17?,18-,22?,24?,25?,26+,27+/m0/s1. The number of hydrogen-bond acceptors (Lipinski definition) is 10. The molecule has 11 atom stereocenters. The molecule has 0 aromatic heterocycles. The van der Waals surface area contributed by atoms with Gasteiger partial charge in [0.25, 0.3) is 0 Å². The number of carbonyl (C=O) groups excluding carboxylic acids is 3. The van der Waals surface area contributed by atoms with Crippen molar-refractivity contribution in [1.82, 2.24) is 0 Å². The number of aliphatic hydroxyl groups is 2. The van der Waals surface area contributed by atoms with Crippen molar-refractivity contribution in [3.05, 3.63) is 34.9 Å². The first kappa shape index (κ1) is 24.8. The monoisotopic (exact) mass is 548 g/mol. The summed E-state index contributed by atoms with van der Waals surface area (Å²) in [6.45, 7) is 7.41. The molecule has 6 aliphatic rings. The molecule has 10 nitrogen and oxygen atoms in total. The van der Waals surface area contributed by atoms with Crippen LogP contribution in [0.4, 0.5) is 0 Å². The Kier molecular flexibility index (Phi) is 4.62. The Morgan fingerprint density at radius 2 is 1.76 bits per heavy atom. The van der Waals surface area contributed by atoms with Gasteiger partial charge in [0.1, 0.15) is 12.2 Å². The molecule has 38 heavy (non-hydrogen) atoms. The van der Waals surface area contributed by atoms with Crippen LogP contribution in [0.25, 0.3) is 0 Å². The van der Waals surface area contributed by atoms with Gasteiger partial charge in [0, 0.05) is 5.02 Å². The van der Waals surface area contributed by atoms with Gasteiger partial charge in [0.05, 0.1) is 23.4 Å². The van der Waals surface area contributed by atoms with E-state index in [-0.39, 0.29) is 13.0 Å². The lowest BCUT2D eigenvalue weighted by Gasteiger charge is -2.48. The molecule has 2 aliphatic carbocycles. The smallest absolute Gasteiger partial charge is 0.343 e. The third-order valence-corrected chi connectivity index (χ3v) is 10.6. The average Bonchev–Trinajstić information content (AvgIpc) is 3.56. The summed E-state index contributed by atoms with van der Waals surface area (Å²) >= 11 is 6.02. The second kappa shape index (κ2) is 7.09. The molecule has 4 aliphatic heterocycles. The third-order valence-electron chi connectivity index (χ3n) is 10.3. The summed E-state index contributed by atoms with van der Waals surface area (Å²) in [5.74, 6) is -3.97. The molecule has 2 spiro atoms. The average molecular weight is 549 g/mol. The van der Waals surface area contributed by atoms with Crippen LogP contribution in [0, 0.1) is 28.1 Å². The van der Waals surface area contributed by atoms with Crippen molar-refractivity contribution in [3.63, 3.8) is 0 Å². The summed E-state index contributed by atoms with van der Waals surface area (Å²) in [4.78, 5) is 40.0. The fraction of sp³-hybridized carbons (Fsp3) is 0.667. The number of esters is 3. The summed E-state index contributed by atoms with van der Waals surface area (Å²) in [5, 5.41) is 24.8. The first-order valence-corrected chi connectivity index (χ1v) is 13.2. The minimum Gasteiger partial charge on any atom is -0.459 e. The molecular formula is C27H29ClO10. The van der Waals surface area contributed by atoms with Crippen molar-refractivity contribution >= 4 is 29.5 Å². The molecule has 1 aromatic rings. The predicted octanol–water partition coefficient (Wildman–Crippen LogP) is 1.51.